The second-order valence-corrected chi connectivity index (χ2v) is 3.93. The van der Waals surface area contributed by atoms with Gasteiger partial charge in [-0.15, -0.1) is 0 Å². The molecule has 17 heavy (non-hydrogen) atoms. The molecule has 0 unspecified atom stereocenters. The Morgan fingerprint density at radius 1 is 1.41 bits per heavy atom. The molecule has 1 amide bonds. The molecule has 88 valence electrons. The highest BCUT2D eigenvalue weighted by Gasteiger charge is 2.12. The number of aliphatic hydroxyl groups excluding tert-OH is 1. The Morgan fingerprint density at radius 3 is 2.94 bits per heavy atom. The Bertz CT molecular complexity index is 534. The third kappa shape index (κ3) is 2.42. The van der Waals surface area contributed by atoms with E-state index in [0.717, 1.165) is 10.9 Å². The first-order valence-electron chi connectivity index (χ1n) is 5.48. The molecule has 1 heterocycles. The maximum absolute atomic E-state index is 12.0. The smallest absolute Gasteiger partial charge is 0.252 e. The number of nitrogens with one attached hydrogen (secondary N) is 1. The quantitative estimate of drug-likeness (QED) is 0.836. The van der Waals surface area contributed by atoms with Crippen LogP contribution in [-0.4, -0.2) is 28.6 Å². The highest BCUT2D eigenvalue weighted by atomic mass is 16.3. The van der Waals surface area contributed by atoms with Gasteiger partial charge in [-0.25, -0.2) is 0 Å². The zero-order chi connectivity index (χ0) is 12.3. The molecule has 0 radical (unpaired) electrons. The van der Waals surface area contributed by atoms with Gasteiger partial charge >= 0.3 is 0 Å². The summed E-state index contributed by atoms with van der Waals surface area (Å²) in [6, 6.07) is 8.91. The third-order valence-electron chi connectivity index (χ3n) is 2.55. The number of hydrogen-bond donors (Lipinski definition) is 2. The number of nitrogens with zero attached hydrogens (tertiary/aromatic N) is 1. The van der Waals surface area contributed by atoms with Gasteiger partial charge in [0.1, 0.15) is 0 Å². The second kappa shape index (κ2) is 4.93. The molecule has 0 aliphatic carbocycles. The molecule has 4 heteroatoms. The summed E-state index contributed by atoms with van der Waals surface area (Å²) in [5.74, 6) is -0.190. The Balaban J connectivity index is 2.38. The van der Waals surface area contributed by atoms with Crippen LogP contribution in [0.3, 0.4) is 0 Å². The van der Waals surface area contributed by atoms with Crippen molar-refractivity contribution in [3.8, 4) is 0 Å². The Labute approximate surface area is 99.3 Å². The lowest BCUT2D eigenvalue weighted by Crippen LogP contribution is -2.35. The van der Waals surface area contributed by atoms with Gasteiger partial charge in [0.05, 0.1) is 17.7 Å². The zero-order valence-corrected chi connectivity index (χ0v) is 9.55. The maximum Gasteiger partial charge on any atom is 0.252 e. The normalized spacial score (nSPS) is 12.4. The van der Waals surface area contributed by atoms with E-state index in [-0.39, 0.29) is 18.6 Å². The molecule has 1 aromatic heterocycles. The van der Waals surface area contributed by atoms with Crippen LogP contribution in [0.1, 0.15) is 17.3 Å². The van der Waals surface area contributed by atoms with Gasteiger partial charge in [0.2, 0.25) is 0 Å². The number of pyridine rings is 1. The van der Waals surface area contributed by atoms with Crippen LogP contribution in [0, 0.1) is 0 Å². The minimum atomic E-state index is -0.255. The first kappa shape index (κ1) is 11.5. The molecule has 0 saturated carbocycles. The molecule has 1 aromatic carbocycles. The molecule has 0 aliphatic heterocycles. The Kier molecular flexibility index (Phi) is 3.35. The van der Waals surface area contributed by atoms with Crippen molar-refractivity contribution in [3.05, 3.63) is 42.1 Å². The van der Waals surface area contributed by atoms with E-state index in [9.17, 15) is 4.79 Å². The van der Waals surface area contributed by atoms with Gasteiger partial charge < -0.3 is 10.4 Å². The zero-order valence-electron chi connectivity index (χ0n) is 9.55. The first-order valence-corrected chi connectivity index (χ1v) is 5.48. The molecule has 0 fully saturated rings. The summed E-state index contributed by atoms with van der Waals surface area (Å²) in [6.45, 7) is 1.68. The van der Waals surface area contributed by atoms with E-state index in [2.05, 4.69) is 10.3 Å². The fraction of sp³-hybridized carbons (Fsp3) is 0.231. The van der Waals surface area contributed by atoms with Crippen LogP contribution in [-0.2, 0) is 0 Å². The summed E-state index contributed by atoms with van der Waals surface area (Å²) in [7, 11) is 0. The van der Waals surface area contributed by atoms with E-state index in [1.165, 1.54) is 0 Å². The van der Waals surface area contributed by atoms with Gasteiger partial charge in [-0.2, -0.15) is 0 Å². The molecule has 2 rings (SSSR count). The highest BCUT2D eigenvalue weighted by Crippen LogP contribution is 2.15. The average molecular weight is 230 g/mol. The summed E-state index contributed by atoms with van der Waals surface area (Å²) in [5, 5.41) is 12.5. The van der Waals surface area contributed by atoms with Crippen molar-refractivity contribution in [1.82, 2.24) is 10.3 Å². The summed E-state index contributed by atoms with van der Waals surface area (Å²) in [4.78, 5) is 16.2. The van der Waals surface area contributed by atoms with E-state index in [1.807, 2.05) is 24.3 Å². The van der Waals surface area contributed by atoms with E-state index in [0.29, 0.717) is 5.56 Å². The van der Waals surface area contributed by atoms with E-state index in [4.69, 9.17) is 5.11 Å². The van der Waals surface area contributed by atoms with Crippen LogP contribution in [0.4, 0.5) is 0 Å². The van der Waals surface area contributed by atoms with Gasteiger partial charge in [0.25, 0.3) is 5.91 Å². The van der Waals surface area contributed by atoms with Crippen molar-refractivity contribution in [2.45, 2.75) is 13.0 Å². The van der Waals surface area contributed by atoms with Crippen LogP contribution in [0.5, 0.6) is 0 Å². The largest absolute Gasteiger partial charge is 0.394 e. The number of carbonyl (C=O) groups excluding carboxylic acids is 1. The minimum Gasteiger partial charge on any atom is -0.394 e. The number of fused-ring (bicyclic) bond motifs is 1. The topological polar surface area (TPSA) is 62.2 Å². The minimum absolute atomic E-state index is 0.0746. The number of carbonyl (C=O) groups is 1. The number of rotatable bonds is 3. The SMILES string of the molecule is C[C@@H](CO)NC(=O)c1ccnc2ccccc12. The predicted molar refractivity (Wildman–Crippen MR) is 65.8 cm³/mol. The number of aromatic nitrogens is 1. The fourth-order valence-corrected chi connectivity index (χ4v) is 1.64. The lowest BCUT2D eigenvalue weighted by Gasteiger charge is -2.11. The van der Waals surface area contributed by atoms with Crippen molar-refractivity contribution < 1.29 is 9.90 Å². The van der Waals surface area contributed by atoms with Gasteiger partial charge in [0, 0.05) is 17.6 Å². The number of para-hydroxylation sites is 1. The number of hydrogen-bond acceptors (Lipinski definition) is 3. The average Bonchev–Trinajstić information content (AvgIpc) is 2.37. The molecule has 0 saturated heterocycles. The monoisotopic (exact) mass is 230 g/mol. The van der Waals surface area contributed by atoms with Crippen LogP contribution in [0.15, 0.2) is 36.5 Å². The first-order chi connectivity index (χ1) is 8.22. The van der Waals surface area contributed by atoms with Crippen molar-refractivity contribution in [2.24, 2.45) is 0 Å². The molecule has 1 atom stereocenters. The van der Waals surface area contributed by atoms with Crippen molar-refractivity contribution in [2.75, 3.05) is 6.61 Å². The molecule has 0 aliphatic rings. The molecule has 2 aromatic rings. The van der Waals surface area contributed by atoms with Gasteiger partial charge in [-0.3, -0.25) is 9.78 Å². The second-order valence-electron chi connectivity index (χ2n) is 3.93. The molecule has 0 bridgehead atoms. The fourth-order valence-electron chi connectivity index (χ4n) is 1.64. The van der Waals surface area contributed by atoms with Crippen molar-refractivity contribution in [1.29, 1.82) is 0 Å². The highest BCUT2D eigenvalue weighted by molar-refractivity contribution is 6.06. The molecule has 2 N–H and O–H groups in total. The van der Waals surface area contributed by atoms with E-state index >= 15 is 0 Å². The van der Waals surface area contributed by atoms with Gasteiger partial charge in [0.15, 0.2) is 0 Å². The molecular formula is C13H14N2O2. The van der Waals surface area contributed by atoms with Crippen LogP contribution in [0.2, 0.25) is 0 Å². The lowest BCUT2D eigenvalue weighted by atomic mass is 10.1. The van der Waals surface area contributed by atoms with Crippen LogP contribution in [0.25, 0.3) is 10.9 Å². The van der Waals surface area contributed by atoms with Crippen LogP contribution >= 0.6 is 0 Å². The Morgan fingerprint density at radius 2 is 2.18 bits per heavy atom. The summed E-state index contributed by atoms with van der Waals surface area (Å²) >= 11 is 0. The molecule has 4 nitrogen and oxygen atoms in total. The van der Waals surface area contributed by atoms with Gasteiger partial charge in [-0.05, 0) is 19.1 Å². The predicted octanol–water partition coefficient (Wildman–Crippen LogP) is 1.35. The number of aliphatic hydroxyl groups is 1. The van der Waals surface area contributed by atoms with Gasteiger partial charge in [-0.1, -0.05) is 18.2 Å². The lowest BCUT2D eigenvalue weighted by molar-refractivity contribution is 0.0924. The standard InChI is InChI=1S/C13H14N2O2/c1-9(8-16)15-13(17)11-6-7-14-12-5-3-2-4-10(11)12/h2-7,9,16H,8H2,1H3,(H,15,17)/t9-/m0/s1. The summed E-state index contributed by atoms with van der Waals surface area (Å²) < 4.78 is 0. The molecular weight excluding hydrogens is 216 g/mol. The summed E-state index contributed by atoms with van der Waals surface area (Å²) in [6.07, 6.45) is 1.61. The maximum atomic E-state index is 12.0. The van der Waals surface area contributed by atoms with E-state index in [1.54, 1.807) is 19.2 Å². The van der Waals surface area contributed by atoms with Crippen molar-refractivity contribution >= 4 is 16.8 Å². The third-order valence-corrected chi connectivity index (χ3v) is 2.55. The Hall–Kier alpha value is -1.94. The van der Waals surface area contributed by atoms with Crippen LogP contribution < -0.4 is 5.32 Å². The van der Waals surface area contributed by atoms with Crippen molar-refractivity contribution in [3.63, 3.8) is 0 Å². The number of benzene rings is 1. The number of amides is 1. The molecule has 0 spiro atoms. The summed E-state index contributed by atoms with van der Waals surface area (Å²) in [5.41, 5.74) is 1.37. The van der Waals surface area contributed by atoms with E-state index < -0.39 is 0 Å².